The number of carbonyl (C=O) groups is 1. The van der Waals surface area contributed by atoms with E-state index in [1.54, 1.807) is 12.1 Å². The number of nitrogens with zero attached hydrogens (tertiary/aromatic N) is 1. The van der Waals surface area contributed by atoms with Crippen LogP contribution in [0.15, 0.2) is 24.3 Å². The van der Waals surface area contributed by atoms with E-state index in [-0.39, 0.29) is 6.03 Å². The van der Waals surface area contributed by atoms with Gasteiger partial charge in [0.15, 0.2) is 0 Å². The van der Waals surface area contributed by atoms with Gasteiger partial charge in [-0.1, -0.05) is 6.07 Å². The van der Waals surface area contributed by atoms with Crippen LogP contribution in [0, 0.1) is 5.92 Å². The summed E-state index contributed by atoms with van der Waals surface area (Å²) in [7, 11) is 0. The molecule has 0 radical (unpaired) electrons. The highest BCUT2D eigenvalue weighted by atomic mass is 16.2. The number of nitrogens with two attached hydrogens (primary N) is 1. The van der Waals surface area contributed by atoms with E-state index in [1.165, 1.54) is 12.8 Å². The summed E-state index contributed by atoms with van der Waals surface area (Å²) in [6.07, 6.45) is 2.50. The Bertz CT molecular complexity index is 401. The van der Waals surface area contributed by atoms with Gasteiger partial charge in [0.05, 0.1) is 0 Å². The molecule has 1 aliphatic rings. The van der Waals surface area contributed by atoms with E-state index in [0.717, 1.165) is 18.8 Å². The molecule has 3 N–H and O–H groups in total. The van der Waals surface area contributed by atoms with Crippen molar-refractivity contribution in [3.05, 3.63) is 24.3 Å². The van der Waals surface area contributed by atoms with Crippen LogP contribution in [0.4, 0.5) is 16.2 Å². The number of nitrogen functional groups attached to an aromatic ring is 1. The molecule has 1 aliphatic carbocycles. The van der Waals surface area contributed by atoms with E-state index in [4.69, 9.17) is 5.73 Å². The molecule has 0 atom stereocenters. The quantitative estimate of drug-likeness (QED) is 0.785. The Labute approximate surface area is 102 Å². The Morgan fingerprint density at radius 2 is 2.29 bits per heavy atom. The van der Waals surface area contributed by atoms with Crippen molar-refractivity contribution in [2.24, 2.45) is 5.92 Å². The van der Waals surface area contributed by atoms with Crippen molar-refractivity contribution in [2.75, 3.05) is 24.1 Å². The summed E-state index contributed by atoms with van der Waals surface area (Å²) in [4.78, 5) is 13.8. The van der Waals surface area contributed by atoms with Crippen LogP contribution in [0.5, 0.6) is 0 Å². The maximum Gasteiger partial charge on any atom is 0.321 e. The fraction of sp³-hybridized carbons (Fsp3) is 0.462. The molecule has 2 rings (SSSR count). The molecule has 0 saturated heterocycles. The SMILES string of the molecule is CCN(CC1CC1)C(=O)Nc1cccc(N)c1. The van der Waals surface area contributed by atoms with Crippen LogP contribution in [-0.4, -0.2) is 24.0 Å². The summed E-state index contributed by atoms with van der Waals surface area (Å²) in [6.45, 7) is 3.61. The van der Waals surface area contributed by atoms with E-state index in [9.17, 15) is 4.79 Å². The second-order valence-corrected chi connectivity index (χ2v) is 4.54. The Morgan fingerprint density at radius 1 is 1.53 bits per heavy atom. The molecule has 0 heterocycles. The lowest BCUT2D eigenvalue weighted by molar-refractivity contribution is 0.212. The van der Waals surface area contributed by atoms with Gasteiger partial charge >= 0.3 is 6.03 Å². The fourth-order valence-corrected chi connectivity index (χ4v) is 1.79. The summed E-state index contributed by atoms with van der Waals surface area (Å²) < 4.78 is 0. The number of amides is 2. The predicted octanol–water partition coefficient (Wildman–Crippen LogP) is 2.53. The van der Waals surface area contributed by atoms with E-state index < -0.39 is 0 Å². The van der Waals surface area contributed by atoms with E-state index >= 15 is 0 Å². The van der Waals surface area contributed by atoms with Crippen molar-refractivity contribution >= 4 is 17.4 Å². The maximum absolute atomic E-state index is 12.0. The number of hydrogen-bond donors (Lipinski definition) is 2. The zero-order chi connectivity index (χ0) is 12.3. The van der Waals surface area contributed by atoms with Gasteiger partial charge in [0.1, 0.15) is 0 Å². The van der Waals surface area contributed by atoms with Crippen molar-refractivity contribution < 1.29 is 4.79 Å². The lowest BCUT2D eigenvalue weighted by Gasteiger charge is -2.21. The molecule has 1 aromatic carbocycles. The van der Waals surface area contributed by atoms with Crippen LogP contribution in [0.2, 0.25) is 0 Å². The van der Waals surface area contributed by atoms with Crippen LogP contribution < -0.4 is 11.1 Å². The monoisotopic (exact) mass is 233 g/mol. The molecule has 2 amide bonds. The highest BCUT2D eigenvalue weighted by molar-refractivity contribution is 5.89. The topological polar surface area (TPSA) is 58.4 Å². The molecule has 0 aliphatic heterocycles. The number of nitrogens with one attached hydrogen (secondary N) is 1. The van der Waals surface area contributed by atoms with Gasteiger partial charge < -0.3 is 16.0 Å². The van der Waals surface area contributed by atoms with Crippen molar-refractivity contribution in [1.29, 1.82) is 0 Å². The van der Waals surface area contributed by atoms with Gasteiger partial charge in [0.2, 0.25) is 0 Å². The molecule has 1 fully saturated rings. The maximum atomic E-state index is 12.0. The second-order valence-electron chi connectivity index (χ2n) is 4.54. The van der Waals surface area contributed by atoms with Crippen molar-refractivity contribution in [3.8, 4) is 0 Å². The second kappa shape index (κ2) is 5.08. The summed E-state index contributed by atoms with van der Waals surface area (Å²) in [6, 6.07) is 7.21. The normalized spacial score (nSPS) is 14.4. The highest BCUT2D eigenvalue weighted by Gasteiger charge is 2.25. The molecular weight excluding hydrogens is 214 g/mol. The molecule has 0 spiro atoms. The first-order chi connectivity index (χ1) is 8.19. The van der Waals surface area contributed by atoms with E-state index in [0.29, 0.717) is 11.6 Å². The summed E-state index contributed by atoms with van der Waals surface area (Å²) in [5.41, 5.74) is 7.08. The van der Waals surface area contributed by atoms with Gasteiger partial charge in [-0.15, -0.1) is 0 Å². The summed E-state index contributed by atoms with van der Waals surface area (Å²) in [5.74, 6) is 0.710. The molecule has 1 saturated carbocycles. The minimum absolute atomic E-state index is 0.0370. The first-order valence-electron chi connectivity index (χ1n) is 6.10. The first-order valence-corrected chi connectivity index (χ1v) is 6.10. The number of carbonyl (C=O) groups excluding carboxylic acids is 1. The molecule has 0 unspecified atom stereocenters. The minimum atomic E-state index is -0.0370. The third-order valence-electron chi connectivity index (χ3n) is 2.98. The number of anilines is 2. The van der Waals surface area contributed by atoms with Crippen LogP contribution in [-0.2, 0) is 0 Å². The van der Waals surface area contributed by atoms with E-state index in [2.05, 4.69) is 5.32 Å². The van der Waals surface area contributed by atoms with Gasteiger partial charge in [-0.25, -0.2) is 4.79 Å². The van der Waals surface area contributed by atoms with Gasteiger partial charge in [-0.3, -0.25) is 0 Å². The minimum Gasteiger partial charge on any atom is -0.399 e. The van der Waals surface area contributed by atoms with Gasteiger partial charge in [-0.05, 0) is 43.9 Å². The first kappa shape index (κ1) is 11.8. The third-order valence-corrected chi connectivity index (χ3v) is 2.98. The number of urea groups is 1. The largest absolute Gasteiger partial charge is 0.399 e. The lowest BCUT2D eigenvalue weighted by atomic mass is 10.3. The van der Waals surface area contributed by atoms with Gasteiger partial charge in [-0.2, -0.15) is 0 Å². The molecule has 0 aromatic heterocycles. The molecule has 4 heteroatoms. The molecular formula is C13H19N3O. The zero-order valence-electron chi connectivity index (χ0n) is 10.1. The van der Waals surface area contributed by atoms with Crippen molar-refractivity contribution in [3.63, 3.8) is 0 Å². The van der Waals surface area contributed by atoms with Crippen LogP contribution in [0.25, 0.3) is 0 Å². The standard InChI is InChI=1S/C13H19N3O/c1-2-16(9-10-6-7-10)13(17)15-12-5-3-4-11(14)8-12/h3-5,8,10H,2,6-7,9,14H2,1H3,(H,15,17). The zero-order valence-corrected chi connectivity index (χ0v) is 10.1. The van der Waals surface area contributed by atoms with Crippen LogP contribution >= 0.6 is 0 Å². The number of rotatable bonds is 4. The van der Waals surface area contributed by atoms with E-state index in [1.807, 2.05) is 24.0 Å². The number of hydrogen-bond acceptors (Lipinski definition) is 2. The van der Waals surface area contributed by atoms with Crippen LogP contribution in [0.3, 0.4) is 0 Å². The summed E-state index contributed by atoms with van der Waals surface area (Å²) in [5, 5.41) is 2.87. The van der Waals surface area contributed by atoms with Crippen molar-refractivity contribution in [1.82, 2.24) is 4.90 Å². The Kier molecular flexibility index (Phi) is 3.52. The molecule has 17 heavy (non-hydrogen) atoms. The molecule has 4 nitrogen and oxygen atoms in total. The molecule has 92 valence electrons. The van der Waals surface area contributed by atoms with Crippen LogP contribution in [0.1, 0.15) is 19.8 Å². The predicted molar refractivity (Wildman–Crippen MR) is 69.8 cm³/mol. The average Bonchev–Trinajstić information content (AvgIpc) is 3.09. The van der Waals surface area contributed by atoms with Gasteiger partial charge in [0, 0.05) is 24.5 Å². The number of benzene rings is 1. The fourth-order valence-electron chi connectivity index (χ4n) is 1.79. The third kappa shape index (κ3) is 3.37. The Morgan fingerprint density at radius 3 is 2.88 bits per heavy atom. The Hall–Kier alpha value is -1.71. The Balaban J connectivity index is 1.94. The lowest BCUT2D eigenvalue weighted by Crippen LogP contribution is -2.36. The van der Waals surface area contributed by atoms with Gasteiger partial charge in [0.25, 0.3) is 0 Å². The summed E-state index contributed by atoms with van der Waals surface area (Å²) >= 11 is 0. The smallest absolute Gasteiger partial charge is 0.321 e. The molecule has 0 bridgehead atoms. The highest BCUT2D eigenvalue weighted by Crippen LogP contribution is 2.29. The van der Waals surface area contributed by atoms with Crippen molar-refractivity contribution in [2.45, 2.75) is 19.8 Å². The average molecular weight is 233 g/mol. The molecule has 1 aromatic rings.